The van der Waals surface area contributed by atoms with Crippen molar-refractivity contribution >= 4 is 0 Å². The molecular weight excluding hydrogens is 242 g/mol. The predicted octanol–water partition coefficient (Wildman–Crippen LogP) is 2.37. The highest BCUT2D eigenvalue weighted by Gasteiger charge is 2.41. The quantitative estimate of drug-likeness (QED) is 0.857. The van der Waals surface area contributed by atoms with Gasteiger partial charge in [-0.2, -0.15) is 4.98 Å². The van der Waals surface area contributed by atoms with Crippen molar-refractivity contribution in [1.82, 2.24) is 15.5 Å². The van der Waals surface area contributed by atoms with Gasteiger partial charge in [0.25, 0.3) is 0 Å². The lowest BCUT2D eigenvalue weighted by Gasteiger charge is -2.24. The van der Waals surface area contributed by atoms with Gasteiger partial charge in [-0.05, 0) is 32.7 Å². The lowest BCUT2D eigenvalue weighted by molar-refractivity contribution is -0.0106. The van der Waals surface area contributed by atoms with E-state index in [2.05, 4.69) is 29.3 Å². The second-order valence-electron chi connectivity index (χ2n) is 5.67. The summed E-state index contributed by atoms with van der Waals surface area (Å²) in [5.41, 5.74) is -0.441. The summed E-state index contributed by atoms with van der Waals surface area (Å²) in [4.78, 5) is 4.65. The van der Waals surface area contributed by atoms with Crippen molar-refractivity contribution in [2.24, 2.45) is 0 Å². The molecule has 0 amide bonds. The lowest BCUT2D eigenvalue weighted by Crippen LogP contribution is -2.30. The van der Waals surface area contributed by atoms with Crippen LogP contribution in [0.15, 0.2) is 4.52 Å². The molecule has 1 aliphatic rings. The Labute approximate surface area is 115 Å². The minimum absolute atomic E-state index is 0.0163. The average Bonchev–Trinajstić information content (AvgIpc) is 3.07. The van der Waals surface area contributed by atoms with Crippen LogP contribution < -0.4 is 5.32 Å². The minimum atomic E-state index is -0.457. The highest BCUT2D eigenvalue weighted by Crippen LogP contribution is 2.36. The molecule has 2 heterocycles. The van der Waals surface area contributed by atoms with Crippen molar-refractivity contribution in [3.63, 3.8) is 0 Å². The SMILES string of the molecule is CCCC1(c2nc(C(C)(CC)OC)no2)CCNC1. The van der Waals surface area contributed by atoms with Crippen LogP contribution in [0.1, 0.15) is 58.2 Å². The monoisotopic (exact) mass is 267 g/mol. The first-order valence-electron chi connectivity index (χ1n) is 7.21. The molecule has 5 heteroatoms. The van der Waals surface area contributed by atoms with E-state index in [-0.39, 0.29) is 5.41 Å². The Balaban J connectivity index is 2.29. The fraction of sp³-hybridized carbons (Fsp3) is 0.857. The summed E-state index contributed by atoms with van der Waals surface area (Å²) in [6, 6.07) is 0. The van der Waals surface area contributed by atoms with E-state index >= 15 is 0 Å². The third-order valence-corrected chi connectivity index (χ3v) is 4.45. The van der Waals surface area contributed by atoms with Gasteiger partial charge in [-0.1, -0.05) is 25.4 Å². The van der Waals surface area contributed by atoms with Crippen LogP contribution in [-0.2, 0) is 15.8 Å². The van der Waals surface area contributed by atoms with Crippen molar-refractivity contribution in [3.8, 4) is 0 Å². The van der Waals surface area contributed by atoms with Gasteiger partial charge in [0.1, 0.15) is 5.60 Å². The maximum Gasteiger partial charge on any atom is 0.234 e. The summed E-state index contributed by atoms with van der Waals surface area (Å²) >= 11 is 0. The van der Waals surface area contributed by atoms with Gasteiger partial charge >= 0.3 is 0 Å². The molecule has 1 aliphatic heterocycles. The molecule has 19 heavy (non-hydrogen) atoms. The van der Waals surface area contributed by atoms with Gasteiger partial charge < -0.3 is 14.6 Å². The lowest BCUT2D eigenvalue weighted by atomic mass is 9.82. The third-order valence-electron chi connectivity index (χ3n) is 4.45. The van der Waals surface area contributed by atoms with E-state index in [0.717, 1.165) is 44.7 Å². The molecule has 2 atom stereocenters. The van der Waals surface area contributed by atoms with Gasteiger partial charge in [0, 0.05) is 13.7 Å². The summed E-state index contributed by atoms with van der Waals surface area (Å²) in [6.07, 6.45) is 4.09. The molecule has 1 saturated heterocycles. The Morgan fingerprint density at radius 1 is 1.47 bits per heavy atom. The Morgan fingerprint density at radius 3 is 2.79 bits per heavy atom. The summed E-state index contributed by atoms with van der Waals surface area (Å²) in [5, 5.41) is 7.58. The number of hydrogen-bond acceptors (Lipinski definition) is 5. The van der Waals surface area contributed by atoms with Crippen LogP contribution in [0.2, 0.25) is 0 Å². The molecule has 0 radical (unpaired) electrons. The predicted molar refractivity (Wildman–Crippen MR) is 73.0 cm³/mol. The first kappa shape index (κ1) is 14.5. The molecule has 5 nitrogen and oxygen atoms in total. The molecule has 0 bridgehead atoms. The van der Waals surface area contributed by atoms with Crippen LogP contribution >= 0.6 is 0 Å². The molecule has 1 aromatic heterocycles. The Morgan fingerprint density at radius 2 is 2.26 bits per heavy atom. The summed E-state index contributed by atoms with van der Waals surface area (Å²) in [6.45, 7) is 8.22. The van der Waals surface area contributed by atoms with E-state index in [1.807, 2.05) is 6.92 Å². The van der Waals surface area contributed by atoms with Crippen molar-refractivity contribution in [2.75, 3.05) is 20.2 Å². The van der Waals surface area contributed by atoms with Gasteiger partial charge in [-0.15, -0.1) is 0 Å². The van der Waals surface area contributed by atoms with Crippen LogP contribution in [0, 0.1) is 0 Å². The zero-order valence-electron chi connectivity index (χ0n) is 12.5. The molecular formula is C14H25N3O2. The zero-order valence-corrected chi connectivity index (χ0v) is 12.5. The topological polar surface area (TPSA) is 60.2 Å². The minimum Gasteiger partial charge on any atom is -0.370 e. The maximum atomic E-state index is 5.57. The van der Waals surface area contributed by atoms with Crippen LogP contribution in [0.4, 0.5) is 0 Å². The number of methoxy groups -OCH3 is 1. The van der Waals surface area contributed by atoms with E-state index in [9.17, 15) is 0 Å². The largest absolute Gasteiger partial charge is 0.370 e. The second-order valence-corrected chi connectivity index (χ2v) is 5.67. The Bertz CT molecular complexity index is 407. The number of nitrogens with one attached hydrogen (secondary N) is 1. The van der Waals surface area contributed by atoms with Crippen LogP contribution in [0.3, 0.4) is 0 Å². The smallest absolute Gasteiger partial charge is 0.234 e. The van der Waals surface area contributed by atoms with Crippen LogP contribution in [-0.4, -0.2) is 30.3 Å². The van der Waals surface area contributed by atoms with Gasteiger partial charge in [-0.3, -0.25) is 0 Å². The van der Waals surface area contributed by atoms with Crippen molar-refractivity contribution in [1.29, 1.82) is 0 Å². The normalized spacial score (nSPS) is 26.5. The van der Waals surface area contributed by atoms with Crippen molar-refractivity contribution < 1.29 is 9.26 Å². The standard InChI is InChI=1S/C14H25N3O2/c1-5-7-14(8-9-15-10-14)12-16-11(17-19-12)13(3,6-2)18-4/h15H,5-10H2,1-4H3. The Hall–Kier alpha value is -0.940. The van der Waals surface area contributed by atoms with E-state index < -0.39 is 5.60 Å². The highest BCUT2D eigenvalue weighted by molar-refractivity contribution is 5.12. The molecule has 0 aliphatic carbocycles. The van der Waals surface area contributed by atoms with Gasteiger partial charge in [-0.25, -0.2) is 0 Å². The maximum absolute atomic E-state index is 5.57. The summed E-state index contributed by atoms with van der Waals surface area (Å²) < 4.78 is 11.1. The van der Waals surface area contributed by atoms with Crippen molar-refractivity contribution in [3.05, 3.63) is 11.7 Å². The number of rotatable bonds is 6. The molecule has 2 unspecified atom stereocenters. The first-order valence-corrected chi connectivity index (χ1v) is 7.21. The molecule has 2 rings (SSSR count). The summed E-state index contributed by atoms with van der Waals surface area (Å²) in [7, 11) is 1.69. The number of aromatic nitrogens is 2. The Kier molecular flexibility index (Phi) is 4.26. The average molecular weight is 267 g/mol. The van der Waals surface area contributed by atoms with Crippen molar-refractivity contribution in [2.45, 2.75) is 57.5 Å². The second kappa shape index (κ2) is 5.59. The van der Waals surface area contributed by atoms with Gasteiger partial charge in [0.2, 0.25) is 11.7 Å². The molecule has 108 valence electrons. The molecule has 1 fully saturated rings. The van der Waals surface area contributed by atoms with Crippen LogP contribution in [0.5, 0.6) is 0 Å². The fourth-order valence-electron chi connectivity index (χ4n) is 2.77. The molecule has 0 aromatic carbocycles. The van der Waals surface area contributed by atoms with E-state index in [1.165, 1.54) is 0 Å². The van der Waals surface area contributed by atoms with Gasteiger partial charge in [0.05, 0.1) is 5.41 Å². The summed E-state index contributed by atoms with van der Waals surface area (Å²) in [5.74, 6) is 1.43. The number of hydrogen-bond donors (Lipinski definition) is 1. The molecule has 0 spiro atoms. The molecule has 1 aromatic rings. The van der Waals surface area contributed by atoms with Gasteiger partial charge in [0.15, 0.2) is 0 Å². The number of ether oxygens (including phenoxy) is 1. The van der Waals surface area contributed by atoms with E-state index in [4.69, 9.17) is 9.26 Å². The molecule has 0 saturated carbocycles. The fourth-order valence-corrected chi connectivity index (χ4v) is 2.77. The van der Waals surface area contributed by atoms with E-state index in [1.54, 1.807) is 7.11 Å². The first-order chi connectivity index (χ1) is 9.10. The number of nitrogens with zero attached hydrogens (tertiary/aromatic N) is 2. The van der Waals surface area contributed by atoms with Crippen LogP contribution in [0.25, 0.3) is 0 Å². The highest BCUT2D eigenvalue weighted by atomic mass is 16.5. The third kappa shape index (κ3) is 2.54. The van der Waals surface area contributed by atoms with E-state index in [0.29, 0.717) is 5.82 Å². The zero-order chi connectivity index (χ0) is 13.9. The molecule has 1 N–H and O–H groups in total.